The van der Waals surface area contributed by atoms with Gasteiger partial charge in [-0.05, 0) is 37.4 Å². The van der Waals surface area contributed by atoms with E-state index in [1.807, 2.05) is 0 Å². The molecule has 0 aliphatic carbocycles. The molecule has 2 N–H and O–H groups in total. The molecule has 0 unspecified atom stereocenters. The first-order chi connectivity index (χ1) is 11.9. The fourth-order valence-electron chi connectivity index (χ4n) is 2.32. The number of hydrogen-bond acceptors (Lipinski definition) is 6. The van der Waals surface area contributed by atoms with Crippen LogP contribution in [0.15, 0.2) is 41.3 Å². The van der Waals surface area contributed by atoms with Gasteiger partial charge in [-0.25, -0.2) is 13.1 Å². The molecule has 0 saturated heterocycles. The fraction of sp³-hybridized carbons (Fsp3) is 0.188. The van der Waals surface area contributed by atoms with Gasteiger partial charge in [-0.1, -0.05) is 0 Å². The Balaban J connectivity index is 1.88. The van der Waals surface area contributed by atoms with Gasteiger partial charge in [0.1, 0.15) is 10.6 Å². The van der Waals surface area contributed by atoms with Crippen molar-refractivity contribution in [1.82, 2.24) is 4.72 Å². The maximum Gasteiger partial charge on any atom is 0.255 e. The Bertz CT molecular complexity index is 926. The quantitative estimate of drug-likeness (QED) is 0.835. The SMILES string of the molecule is CNS(=O)(=O)c1cc(C(=O)Nc2ccc3c(c2)OCO3)ccc1OC. The number of carbonyl (C=O) groups excluding carboxylic acids is 1. The third-order valence-corrected chi connectivity index (χ3v) is 5.05. The maximum atomic E-state index is 12.4. The predicted octanol–water partition coefficient (Wildman–Crippen LogP) is 1.58. The van der Waals surface area contributed by atoms with Crippen LogP contribution in [0.4, 0.5) is 5.69 Å². The van der Waals surface area contributed by atoms with E-state index >= 15 is 0 Å². The maximum absolute atomic E-state index is 12.4. The second kappa shape index (κ2) is 6.61. The topological polar surface area (TPSA) is 103 Å². The molecule has 1 aliphatic heterocycles. The lowest BCUT2D eigenvalue weighted by atomic mass is 10.2. The normalized spacial score (nSPS) is 12.7. The molecule has 1 amide bonds. The van der Waals surface area contributed by atoms with Gasteiger partial charge in [-0.15, -0.1) is 0 Å². The monoisotopic (exact) mass is 364 g/mol. The number of carbonyl (C=O) groups is 1. The summed E-state index contributed by atoms with van der Waals surface area (Å²) in [4.78, 5) is 12.3. The van der Waals surface area contributed by atoms with Gasteiger partial charge in [0.25, 0.3) is 5.91 Å². The number of rotatable bonds is 5. The minimum Gasteiger partial charge on any atom is -0.495 e. The molecule has 9 heteroatoms. The summed E-state index contributed by atoms with van der Waals surface area (Å²) in [7, 11) is -1.13. The van der Waals surface area contributed by atoms with Crippen LogP contribution in [-0.4, -0.2) is 35.3 Å². The lowest BCUT2D eigenvalue weighted by molar-refractivity contribution is 0.102. The molecule has 0 saturated carbocycles. The second-order valence-corrected chi connectivity index (χ2v) is 6.95. The number of anilines is 1. The Labute approximate surface area is 144 Å². The van der Waals surface area contributed by atoms with Crippen LogP contribution >= 0.6 is 0 Å². The van der Waals surface area contributed by atoms with Crippen molar-refractivity contribution in [1.29, 1.82) is 0 Å². The van der Waals surface area contributed by atoms with Crippen molar-refractivity contribution in [2.24, 2.45) is 0 Å². The molecule has 8 nitrogen and oxygen atoms in total. The molecule has 3 rings (SSSR count). The minimum absolute atomic E-state index is 0.115. The summed E-state index contributed by atoms with van der Waals surface area (Å²) in [6.07, 6.45) is 0. The van der Waals surface area contributed by atoms with Crippen molar-refractivity contribution in [3.63, 3.8) is 0 Å². The van der Waals surface area contributed by atoms with E-state index in [4.69, 9.17) is 14.2 Å². The van der Waals surface area contributed by atoms with Gasteiger partial charge in [-0.3, -0.25) is 4.79 Å². The minimum atomic E-state index is -3.77. The smallest absolute Gasteiger partial charge is 0.255 e. The van der Waals surface area contributed by atoms with Crippen LogP contribution in [0.1, 0.15) is 10.4 Å². The van der Waals surface area contributed by atoms with Gasteiger partial charge in [0, 0.05) is 17.3 Å². The van der Waals surface area contributed by atoms with Crippen molar-refractivity contribution in [2.45, 2.75) is 4.90 Å². The van der Waals surface area contributed by atoms with Gasteiger partial charge < -0.3 is 19.5 Å². The molecular weight excluding hydrogens is 348 g/mol. The number of sulfonamides is 1. The van der Waals surface area contributed by atoms with Crippen LogP contribution in [0.3, 0.4) is 0 Å². The summed E-state index contributed by atoms with van der Waals surface area (Å²) in [5.74, 6) is 0.818. The standard InChI is InChI=1S/C16H16N2O6S/c1-17-25(20,21)15-7-10(3-5-13(15)22-2)16(19)18-11-4-6-12-14(8-11)24-9-23-12/h3-8,17H,9H2,1-2H3,(H,18,19). The van der Waals surface area contributed by atoms with Crippen LogP contribution in [0.2, 0.25) is 0 Å². The van der Waals surface area contributed by atoms with Gasteiger partial charge in [0.2, 0.25) is 16.8 Å². The third kappa shape index (κ3) is 3.37. The number of benzene rings is 2. The molecule has 132 valence electrons. The molecule has 25 heavy (non-hydrogen) atoms. The first kappa shape index (κ1) is 17.1. The van der Waals surface area contributed by atoms with Crippen molar-refractivity contribution >= 4 is 21.6 Å². The highest BCUT2D eigenvalue weighted by molar-refractivity contribution is 7.89. The number of nitrogens with one attached hydrogen (secondary N) is 2. The van der Waals surface area contributed by atoms with Crippen LogP contribution in [0.25, 0.3) is 0 Å². The zero-order valence-electron chi connectivity index (χ0n) is 13.5. The van der Waals surface area contributed by atoms with Crippen molar-refractivity contribution < 1.29 is 27.4 Å². The first-order valence-corrected chi connectivity index (χ1v) is 8.75. The predicted molar refractivity (Wildman–Crippen MR) is 89.8 cm³/mol. The molecule has 1 heterocycles. The van der Waals surface area contributed by atoms with E-state index in [-0.39, 0.29) is 23.0 Å². The Morgan fingerprint density at radius 3 is 2.60 bits per heavy atom. The number of ether oxygens (including phenoxy) is 3. The van der Waals surface area contributed by atoms with Crippen LogP contribution < -0.4 is 24.2 Å². The Morgan fingerprint density at radius 1 is 1.12 bits per heavy atom. The largest absolute Gasteiger partial charge is 0.495 e. The van der Waals surface area contributed by atoms with Gasteiger partial charge in [0.15, 0.2) is 11.5 Å². The molecule has 0 aromatic heterocycles. The van der Waals surface area contributed by atoms with E-state index in [0.717, 1.165) is 0 Å². The number of amides is 1. The zero-order chi connectivity index (χ0) is 18.0. The molecule has 1 aliphatic rings. The summed E-state index contributed by atoms with van der Waals surface area (Å²) in [5, 5.41) is 2.69. The summed E-state index contributed by atoms with van der Waals surface area (Å²) in [6.45, 7) is 0.135. The molecule has 0 bridgehead atoms. The first-order valence-electron chi connectivity index (χ1n) is 7.27. The molecule has 0 fully saturated rings. The fourth-order valence-corrected chi connectivity index (χ4v) is 3.23. The van der Waals surface area contributed by atoms with Crippen molar-refractivity contribution in [2.75, 3.05) is 26.3 Å². The van der Waals surface area contributed by atoms with Crippen LogP contribution in [0.5, 0.6) is 17.2 Å². The molecule has 0 spiro atoms. The molecular formula is C16H16N2O6S. The Kier molecular flexibility index (Phi) is 4.51. The van der Waals surface area contributed by atoms with Crippen LogP contribution in [0, 0.1) is 0 Å². The molecule has 2 aromatic rings. The molecule has 2 aromatic carbocycles. The average Bonchev–Trinajstić information content (AvgIpc) is 3.08. The van der Waals surface area contributed by atoms with E-state index in [0.29, 0.717) is 17.2 Å². The summed E-state index contributed by atoms with van der Waals surface area (Å²) < 4.78 is 41.9. The Hall–Kier alpha value is -2.78. The number of methoxy groups -OCH3 is 1. The third-order valence-electron chi connectivity index (χ3n) is 3.61. The van der Waals surface area contributed by atoms with Crippen molar-refractivity contribution in [3.05, 3.63) is 42.0 Å². The highest BCUT2D eigenvalue weighted by atomic mass is 32.2. The summed E-state index contributed by atoms with van der Waals surface area (Å²) in [5.41, 5.74) is 0.676. The molecule has 0 radical (unpaired) electrons. The summed E-state index contributed by atoms with van der Waals surface area (Å²) in [6, 6.07) is 9.15. The van der Waals surface area contributed by atoms with E-state index in [2.05, 4.69) is 10.0 Å². The van der Waals surface area contributed by atoms with Crippen molar-refractivity contribution in [3.8, 4) is 17.2 Å². The Morgan fingerprint density at radius 2 is 1.88 bits per heavy atom. The van der Waals surface area contributed by atoms with Crippen LogP contribution in [-0.2, 0) is 10.0 Å². The second-order valence-electron chi connectivity index (χ2n) is 5.10. The van der Waals surface area contributed by atoms with Gasteiger partial charge in [-0.2, -0.15) is 0 Å². The van der Waals surface area contributed by atoms with E-state index in [9.17, 15) is 13.2 Å². The van der Waals surface area contributed by atoms with E-state index in [1.54, 1.807) is 18.2 Å². The highest BCUT2D eigenvalue weighted by Crippen LogP contribution is 2.34. The number of hydrogen-bond donors (Lipinski definition) is 2. The number of fused-ring (bicyclic) bond motifs is 1. The lowest BCUT2D eigenvalue weighted by Crippen LogP contribution is -2.20. The average molecular weight is 364 g/mol. The molecule has 0 atom stereocenters. The van der Waals surface area contributed by atoms with Gasteiger partial charge >= 0.3 is 0 Å². The van der Waals surface area contributed by atoms with Gasteiger partial charge in [0.05, 0.1) is 7.11 Å². The zero-order valence-corrected chi connectivity index (χ0v) is 14.3. The highest BCUT2D eigenvalue weighted by Gasteiger charge is 2.21. The van der Waals surface area contributed by atoms with E-state index < -0.39 is 15.9 Å². The lowest BCUT2D eigenvalue weighted by Gasteiger charge is -2.11. The van der Waals surface area contributed by atoms with E-state index in [1.165, 1.54) is 32.4 Å². The summed E-state index contributed by atoms with van der Waals surface area (Å²) >= 11 is 0.